The Morgan fingerprint density at radius 1 is 1.21 bits per heavy atom. The van der Waals surface area contributed by atoms with Crippen LogP contribution in [0, 0.1) is 5.92 Å². The molecule has 1 aliphatic carbocycles. The van der Waals surface area contributed by atoms with Crippen LogP contribution in [0.3, 0.4) is 0 Å². The molecule has 0 aromatic carbocycles. The van der Waals surface area contributed by atoms with Crippen molar-refractivity contribution < 1.29 is 8.42 Å². The van der Waals surface area contributed by atoms with Crippen LogP contribution in [0.2, 0.25) is 0 Å². The molecule has 14 heavy (non-hydrogen) atoms. The predicted octanol–water partition coefficient (Wildman–Crippen LogP) is 0.952. The maximum absolute atomic E-state index is 11.3. The van der Waals surface area contributed by atoms with Crippen LogP contribution in [0.1, 0.15) is 32.6 Å². The van der Waals surface area contributed by atoms with Gasteiger partial charge in [-0.05, 0) is 25.2 Å². The lowest BCUT2D eigenvalue weighted by Crippen LogP contribution is -2.40. The van der Waals surface area contributed by atoms with E-state index in [1.165, 1.54) is 19.3 Å². The molecule has 0 bridgehead atoms. The van der Waals surface area contributed by atoms with Gasteiger partial charge in [0, 0.05) is 12.1 Å². The molecular formula is C10H19NO2S. The summed E-state index contributed by atoms with van der Waals surface area (Å²) in [7, 11) is -2.72. The number of hydrogen-bond acceptors (Lipinski definition) is 3. The van der Waals surface area contributed by atoms with E-state index in [1.807, 2.05) is 0 Å². The van der Waals surface area contributed by atoms with Gasteiger partial charge in [-0.15, -0.1) is 0 Å². The second kappa shape index (κ2) is 3.81. The van der Waals surface area contributed by atoms with Crippen LogP contribution in [-0.2, 0) is 9.84 Å². The second-order valence-corrected chi connectivity index (χ2v) is 7.01. The lowest BCUT2D eigenvalue weighted by molar-refractivity contribution is 0.386. The quantitative estimate of drug-likeness (QED) is 0.749. The maximum atomic E-state index is 11.3. The van der Waals surface area contributed by atoms with Gasteiger partial charge in [-0.2, -0.15) is 0 Å². The molecule has 1 saturated carbocycles. The van der Waals surface area contributed by atoms with Gasteiger partial charge in [0.15, 0.2) is 9.84 Å². The van der Waals surface area contributed by atoms with Crippen molar-refractivity contribution >= 4 is 9.84 Å². The summed E-state index contributed by atoms with van der Waals surface area (Å²) in [6, 6.07) is 0.791. The van der Waals surface area contributed by atoms with Crippen molar-refractivity contribution in [3.05, 3.63) is 0 Å². The molecule has 3 unspecified atom stereocenters. The highest BCUT2D eigenvalue weighted by Gasteiger charge is 2.32. The smallest absolute Gasteiger partial charge is 0.151 e. The van der Waals surface area contributed by atoms with E-state index in [-0.39, 0.29) is 6.04 Å². The Kier molecular flexibility index (Phi) is 2.84. The van der Waals surface area contributed by atoms with E-state index < -0.39 is 9.84 Å². The minimum absolute atomic E-state index is 0.227. The molecule has 1 N–H and O–H groups in total. The first-order chi connectivity index (χ1) is 6.57. The van der Waals surface area contributed by atoms with E-state index >= 15 is 0 Å². The molecule has 82 valence electrons. The average Bonchev–Trinajstić information content (AvgIpc) is 2.61. The third kappa shape index (κ3) is 2.28. The van der Waals surface area contributed by atoms with E-state index in [0.29, 0.717) is 17.5 Å². The SMILES string of the molecule is CC1CCCC1NC1CCS(=O)(=O)C1. The van der Waals surface area contributed by atoms with Crippen molar-refractivity contribution in [1.29, 1.82) is 0 Å². The van der Waals surface area contributed by atoms with Crippen molar-refractivity contribution in [3.8, 4) is 0 Å². The molecule has 3 nitrogen and oxygen atoms in total. The third-order valence-electron chi connectivity index (χ3n) is 3.54. The van der Waals surface area contributed by atoms with E-state index in [4.69, 9.17) is 0 Å². The van der Waals surface area contributed by atoms with E-state index in [9.17, 15) is 8.42 Å². The molecule has 0 aromatic heterocycles. The number of sulfone groups is 1. The van der Waals surface area contributed by atoms with Gasteiger partial charge in [-0.1, -0.05) is 13.3 Å². The lowest BCUT2D eigenvalue weighted by atomic mass is 10.1. The lowest BCUT2D eigenvalue weighted by Gasteiger charge is -2.21. The average molecular weight is 217 g/mol. The van der Waals surface area contributed by atoms with E-state index in [0.717, 1.165) is 12.3 Å². The Bertz CT molecular complexity index is 299. The number of nitrogens with one attached hydrogen (secondary N) is 1. The van der Waals surface area contributed by atoms with Gasteiger partial charge in [0.2, 0.25) is 0 Å². The Balaban J connectivity index is 1.87. The van der Waals surface area contributed by atoms with E-state index in [1.54, 1.807) is 0 Å². The first-order valence-corrected chi connectivity index (χ1v) is 7.35. The molecule has 2 aliphatic rings. The molecular weight excluding hydrogens is 198 g/mol. The zero-order chi connectivity index (χ0) is 10.2. The predicted molar refractivity (Wildman–Crippen MR) is 57.0 cm³/mol. The standard InChI is InChI=1S/C10H19NO2S/c1-8-3-2-4-10(8)11-9-5-6-14(12,13)7-9/h8-11H,2-7H2,1H3. The van der Waals surface area contributed by atoms with Crippen molar-refractivity contribution in [2.24, 2.45) is 5.92 Å². The summed E-state index contributed by atoms with van der Waals surface area (Å²) >= 11 is 0. The zero-order valence-electron chi connectivity index (χ0n) is 8.70. The first-order valence-electron chi connectivity index (χ1n) is 5.53. The van der Waals surface area contributed by atoms with Gasteiger partial charge in [0.25, 0.3) is 0 Å². The summed E-state index contributed by atoms with van der Waals surface area (Å²) < 4.78 is 22.5. The topological polar surface area (TPSA) is 46.2 Å². The fourth-order valence-electron chi connectivity index (χ4n) is 2.62. The van der Waals surface area contributed by atoms with Gasteiger partial charge < -0.3 is 5.32 Å². The minimum Gasteiger partial charge on any atom is -0.310 e. The van der Waals surface area contributed by atoms with Crippen LogP contribution in [0.25, 0.3) is 0 Å². The fourth-order valence-corrected chi connectivity index (χ4v) is 4.31. The van der Waals surface area contributed by atoms with Gasteiger partial charge >= 0.3 is 0 Å². The third-order valence-corrected chi connectivity index (χ3v) is 5.31. The summed E-state index contributed by atoms with van der Waals surface area (Å²) in [6.45, 7) is 2.26. The van der Waals surface area contributed by atoms with Crippen molar-refractivity contribution in [2.45, 2.75) is 44.7 Å². The second-order valence-electron chi connectivity index (χ2n) is 4.78. The van der Waals surface area contributed by atoms with Crippen LogP contribution in [0.5, 0.6) is 0 Å². The van der Waals surface area contributed by atoms with Crippen molar-refractivity contribution in [2.75, 3.05) is 11.5 Å². The molecule has 1 heterocycles. The van der Waals surface area contributed by atoms with E-state index in [2.05, 4.69) is 12.2 Å². The van der Waals surface area contributed by atoms with Crippen LogP contribution in [0.4, 0.5) is 0 Å². The summed E-state index contributed by atoms with van der Waals surface area (Å²) in [4.78, 5) is 0. The molecule has 3 atom stereocenters. The molecule has 0 aromatic rings. The molecule has 2 rings (SSSR count). The molecule has 2 fully saturated rings. The zero-order valence-corrected chi connectivity index (χ0v) is 9.52. The number of hydrogen-bond donors (Lipinski definition) is 1. The minimum atomic E-state index is -2.72. The highest BCUT2D eigenvalue weighted by Crippen LogP contribution is 2.26. The van der Waals surface area contributed by atoms with Crippen LogP contribution in [0.15, 0.2) is 0 Å². The van der Waals surface area contributed by atoms with Crippen molar-refractivity contribution in [3.63, 3.8) is 0 Å². The van der Waals surface area contributed by atoms with Gasteiger partial charge in [0.1, 0.15) is 0 Å². The molecule has 0 radical (unpaired) electrons. The van der Waals surface area contributed by atoms with Crippen LogP contribution < -0.4 is 5.32 Å². The molecule has 1 aliphatic heterocycles. The summed E-state index contributed by atoms with van der Waals surface area (Å²) in [5.41, 5.74) is 0. The Labute approximate surface area is 86.2 Å². The highest BCUT2D eigenvalue weighted by molar-refractivity contribution is 7.91. The summed E-state index contributed by atoms with van der Waals surface area (Å²) in [5.74, 6) is 1.46. The van der Waals surface area contributed by atoms with Gasteiger partial charge in [-0.25, -0.2) is 8.42 Å². The van der Waals surface area contributed by atoms with Crippen LogP contribution >= 0.6 is 0 Å². The van der Waals surface area contributed by atoms with Crippen molar-refractivity contribution in [1.82, 2.24) is 5.32 Å². The fraction of sp³-hybridized carbons (Fsp3) is 1.00. The Morgan fingerprint density at radius 3 is 2.50 bits per heavy atom. The Hall–Kier alpha value is -0.0900. The largest absolute Gasteiger partial charge is 0.310 e. The normalized spacial score (nSPS) is 41.6. The van der Waals surface area contributed by atoms with Gasteiger partial charge in [0.05, 0.1) is 11.5 Å². The first kappa shape index (κ1) is 10.4. The number of rotatable bonds is 2. The highest BCUT2D eigenvalue weighted by atomic mass is 32.2. The monoisotopic (exact) mass is 217 g/mol. The maximum Gasteiger partial charge on any atom is 0.151 e. The molecule has 0 amide bonds. The summed E-state index contributed by atoms with van der Waals surface area (Å²) in [6.07, 6.45) is 4.61. The summed E-state index contributed by atoms with van der Waals surface area (Å²) in [5, 5.41) is 3.50. The van der Waals surface area contributed by atoms with Crippen LogP contribution in [-0.4, -0.2) is 32.0 Å². The molecule has 4 heteroatoms. The Morgan fingerprint density at radius 2 is 2.00 bits per heavy atom. The van der Waals surface area contributed by atoms with Gasteiger partial charge in [-0.3, -0.25) is 0 Å². The molecule has 1 saturated heterocycles. The molecule has 0 spiro atoms.